The number of hydrogen-bond acceptors (Lipinski definition) is 2. The Hall–Kier alpha value is -1.93. The van der Waals surface area contributed by atoms with E-state index in [1.165, 1.54) is 5.32 Å². The second-order valence-electron chi connectivity index (χ2n) is 3.59. The third-order valence-electron chi connectivity index (χ3n) is 2.03. The van der Waals surface area contributed by atoms with Crippen molar-refractivity contribution in [3.05, 3.63) is 23.3 Å². The van der Waals surface area contributed by atoms with Gasteiger partial charge in [0.05, 0.1) is 16.8 Å². The molecule has 0 fully saturated rings. The standard InChI is InChI=1S/C10H7F6NO2/c1-4(18)17-8-6(9(11,12)13)2-5(19)3-7(8)10(14,15)16/h2-3,19H,1H3,(H,17,18). The van der Waals surface area contributed by atoms with Gasteiger partial charge in [0.2, 0.25) is 5.91 Å². The highest BCUT2D eigenvalue weighted by Gasteiger charge is 2.42. The second kappa shape index (κ2) is 4.63. The van der Waals surface area contributed by atoms with Gasteiger partial charge in [-0.15, -0.1) is 0 Å². The Morgan fingerprint density at radius 1 is 1.05 bits per heavy atom. The molecule has 3 nitrogen and oxygen atoms in total. The molecule has 0 unspecified atom stereocenters. The largest absolute Gasteiger partial charge is 0.508 e. The van der Waals surface area contributed by atoms with Gasteiger partial charge in [-0.25, -0.2) is 0 Å². The smallest absolute Gasteiger partial charge is 0.418 e. The van der Waals surface area contributed by atoms with Crippen LogP contribution in [-0.2, 0) is 17.1 Å². The average Bonchev–Trinajstić information content (AvgIpc) is 2.16. The van der Waals surface area contributed by atoms with E-state index >= 15 is 0 Å². The molecule has 1 aromatic rings. The van der Waals surface area contributed by atoms with E-state index in [2.05, 4.69) is 0 Å². The van der Waals surface area contributed by atoms with Crippen molar-refractivity contribution in [2.75, 3.05) is 5.32 Å². The zero-order valence-electron chi connectivity index (χ0n) is 9.28. The Kier molecular flexibility index (Phi) is 3.69. The van der Waals surface area contributed by atoms with Gasteiger partial charge in [-0.2, -0.15) is 26.3 Å². The minimum Gasteiger partial charge on any atom is -0.508 e. The maximum atomic E-state index is 12.6. The number of anilines is 1. The molecular weight excluding hydrogens is 280 g/mol. The van der Waals surface area contributed by atoms with Gasteiger partial charge < -0.3 is 10.4 Å². The summed E-state index contributed by atoms with van der Waals surface area (Å²) in [6.45, 7) is 0.771. The second-order valence-corrected chi connectivity index (χ2v) is 3.59. The molecule has 106 valence electrons. The van der Waals surface area contributed by atoms with Gasteiger partial charge in [0, 0.05) is 6.92 Å². The van der Waals surface area contributed by atoms with Crippen LogP contribution < -0.4 is 5.32 Å². The molecule has 1 rings (SSSR count). The summed E-state index contributed by atoms with van der Waals surface area (Å²) >= 11 is 0. The highest BCUT2D eigenvalue weighted by atomic mass is 19.4. The molecule has 0 aromatic heterocycles. The lowest BCUT2D eigenvalue weighted by molar-refractivity contribution is -0.142. The summed E-state index contributed by atoms with van der Waals surface area (Å²) in [5.41, 5.74) is -4.96. The van der Waals surface area contributed by atoms with Crippen molar-refractivity contribution < 1.29 is 36.2 Å². The number of halogens is 6. The molecule has 1 aromatic carbocycles. The highest BCUT2D eigenvalue weighted by Crippen LogP contribution is 2.44. The van der Waals surface area contributed by atoms with Crippen LogP contribution in [0.25, 0.3) is 0 Å². The average molecular weight is 287 g/mol. The number of aromatic hydroxyl groups is 1. The van der Waals surface area contributed by atoms with Crippen molar-refractivity contribution in [1.29, 1.82) is 0 Å². The molecule has 0 saturated heterocycles. The maximum absolute atomic E-state index is 12.6. The van der Waals surface area contributed by atoms with E-state index in [0.717, 1.165) is 6.92 Å². The third-order valence-corrected chi connectivity index (χ3v) is 2.03. The fourth-order valence-electron chi connectivity index (χ4n) is 1.38. The molecule has 0 aliphatic rings. The van der Waals surface area contributed by atoms with E-state index in [0.29, 0.717) is 0 Å². The first kappa shape index (κ1) is 15.1. The molecule has 0 aliphatic heterocycles. The number of nitrogens with one attached hydrogen (secondary N) is 1. The lowest BCUT2D eigenvalue weighted by Crippen LogP contribution is -2.19. The molecule has 0 spiro atoms. The van der Waals surface area contributed by atoms with Crippen molar-refractivity contribution in [2.45, 2.75) is 19.3 Å². The van der Waals surface area contributed by atoms with Gasteiger partial charge in [0.25, 0.3) is 0 Å². The summed E-state index contributed by atoms with van der Waals surface area (Å²) in [4.78, 5) is 10.7. The summed E-state index contributed by atoms with van der Waals surface area (Å²) in [6.07, 6.45) is -10.3. The molecule has 0 heterocycles. The summed E-state index contributed by atoms with van der Waals surface area (Å²) in [5, 5.41) is 10.5. The zero-order valence-corrected chi connectivity index (χ0v) is 9.28. The van der Waals surface area contributed by atoms with E-state index < -0.39 is 40.8 Å². The van der Waals surface area contributed by atoms with Crippen LogP contribution in [0.2, 0.25) is 0 Å². The number of hydrogen-bond donors (Lipinski definition) is 2. The van der Waals surface area contributed by atoms with Crippen LogP contribution in [0.1, 0.15) is 18.1 Å². The van der Waals surface area contributed by atoms with Crippen LogP contribution in [0.5, 0.6) is 5.75 Å². The van der Waals surface area contributed by atoms with Crippen molar-refractivity contribution in [1.82, 2.24) is 0 Å². The fourth-order valence-corrected chi connectivity index (χ4v) is 1.38. The normalized spacial score (nSPS) is 12.4. The van der Waals surface area contributed by atoms with E-state index in [9.17, 15) is 31.1 Å². The molecule has 0 aliphatic carbocycles. The molecule has 0 bridgehead atoms. The molecule has 2 N–H and O–H groups in total. The van der Waals surface area contributed by atoms with E-state index in [1.807, 2.05) is 0 Å². The van der Waals surface area contributed by atoms with Gasteiger partial charge in [-0.05, 0) is 12.1 Å². The first-order valence-electron chi connectivity index (χ1n) is 4.72. The first-order chi connectivity index (χ1) is 8.43. The SMILES string of the molecule is CC(=O)Nc1c(C(F)(F)F)cc(O)cc1C(F)(F)F. The van der Waals surface area contributed by atoms with Crippen LogP contribution in [0.3, 0.4) is 0 Å². The van der Waals surface area contributed by atoms with Gasteiger partial charge in [-0.3, -0.25) is 4.79 Å². The number of phenolic OH excluding ortho intramolecular Hbond substituents is 1. The number of carbonyl (C=O) groups excluding carboxylic acids is 1. The lowest BCUT2D eigenvalue weighted by atomic mass is 10.0. The minimum atomic E-state index is -5.16. The van der Waals surface area contributed by atoms with Crippen molar-refractivity contribution in [3.8, 4) is 5.75 Å². The molecule has 0 saturated carbocycles. The Balaban J connectivity index is 3.63. The lowest BCUT2D eigenvalue weighted by Gasteiger charge is -2.19. The number of rotatable bonds is 1. The van der Waals surface area contributed by atoms with Gasteiger partial charge in [0.15, 0.2) is 0 Å². The Labute approximate surface area is 102 Å². The molecule has 9 heteroatoms. The molecule has 19 heavy (non-hydrogen) atoms. The van der Waals surface area contributed by atoms with Crippen LogP contribution in [-0.4, -0.2) is 11.0 Å². The summed E-state index contributed by atoms with van der Waals surface area (Å²) in [6, 6.07) is 0.223. The summed E-state index contributed by atoms with van der Waals surface area (Å²) in [5.74, 6) is -2.30. The molecule has 1 amide bonds. The number of amides is 1. The fraction of sp³-hybridized carbons (Fsp3) is 0.300. The zero-order chi connectivity index (χ0) is 15.0. The van der Waals surface area contributed by atoms with Crippen LogP contribution >= 0.6 is 0 Å². The van der Waals surface area contributed by atoms with E-state index in [-0.39, 0.29) is 12.1 Å². The first-order valence-corrected chi connectivity index (χ1v) is 4.72. The van der Waals surface area contributed by atoms with Crippen molar-refractivity contribution in [3.63, 3.8) is 0 Å². The summed E-state index contributed by atoms with van der Waals surface area (Å²) < 4.78 is 75.7. The predicted molar refractivity (Wildman–Crippen MR) is 52.4 cm³/mol. The topological polar surface area (TPSA) is 49.3 Å². The Morgan fingerprint density at radius 3 is 1.68 bits per heavy atom. The number of alkyl halides is 6. The quantitative estimate of drug-likeness (QED) is 0.614. The Bertz CT molecular complexity index is 471. The molecule has 0 atom stereocenters. The van der Waals surface area contributed by atoms with Gasteiger partial charge >= 0.3 is 12.4 Å². The third kappa shape index (κ3) is 3.52. The molecular formula is C10H7F6NO2. The van der Waals surface area contributed by atoms with Crippen LogP contribution in [0.4, 0.5) is 32.0 Å². The van der Waals surface area contributed by atoms with Gasteiger partial charge in [-0.1, -0.05) is 0 Å². The maximum Gasteiger partial charge on any atom is 0.418 e. The van der Waals surface area contributed by atoms with Crippen LogP contribution in [0, 0.1) is 0 Å². The predicted octanol–water partition coefficient (Wildman–Crippen LogP) is 3.39. The number of carbonyl (C=O) groups is 1. The minimum absolute atomic E-state index is 0.112. The number of benzene rings is 1. The van der Waals surface area contributed by atoms with Crippen molar-refractivity contribution in [2.24, 2.45) is 0 Å². The molecule has 0 radical (unpaired) electrons. The number of phenols is 1. The summed E-state index contributed by atoms with van der Waals surface area (Å²) in [7, 11) is 0. The van der Waals surface area contributed by atoms with Crippen molar-refractivity contribution >= 4 is 11.6 Å². The van der Waals surface area contributed by atoms with Crippen LogP contribution in [0.15, 0.2) is 12.1 Å². The van der Waals surface area contributed by atoms with Gasteiger partial charge in [0.1, 0.15) is 5.75 Å². The van der Waals surface area contributed by atoms with E-state index in [4.69, 9.17) is 5.11 Å². The highest BCUT2D eigenvalue weighted by molar-refractivity contribution is 5.91. The monoisotopic (exact) mass is 287 g/mol. The Morgan fingerprint density at radius 2 is 1.42 bits per heavy atom. The van der Waals surface area contributed by atoms with E-state index in [1.54, 1.807) is 0 Å².